The Morgan fingerprint density at radius 1 is 1.21 bits per heavy atom. The fraction of sp³-hybridized carbons (Fsp3) is 0.300. The maximum atomic E-state index is 12.5. The number of amides is 1. The first-order chi connectivity index (χ1) is 13.7. The molecule has 3 aromatic rings. The summed E-state index contributed by atoms with van der Waals surface area (Å²) in [7, 11) is 1.65. The lowest BCUT2D eigenvalue weighted by Crippen LogP contribution is -2.41. The molecule has 28 heavy (non-hydrogen) atoms. The molecule has 0 bridgehead atoms. The zero-order valence-electron chi connectivity index (χ0n) is 15.5. The van der Waals surface area contributed by atoms with E-state index in [1.165, 1.54) is 11.3 Å². The molecule has 2 aromatic heterocycles. The summed E-state index contributed by atoms with van der Waals surface area (Å²) in [5.41, 5.74) is 1.79. The van der Waals surface area contributed by atoms with E-state index in [2.05, 4.69) is 25.4 Å². The van der Waals surface area contributed by atoms with Gasteiger partial charge < -0.3 is 15.0 Å². The third-order valence-electron chi connectivity index (χ3n) is 4.81. The van der Waals surface area contributed by atoms with Crippen molar-refractivity contribution >= 4 is 28.2 Å². The largest absolute Gasteiger partial charge is 0.497 e. The number of carbonyl (C=O) groups is 1. The number of piperidine rings is 1. The number of carbonyl (C=O) groups excluding carboxylic acids is 1. The Balaban J connectivity index is 1.42. The quantitative estimate of drug-likeness (QED) is 0.713. The molecular formula is C20H21N5O2S. The molecule has 1 aliphatic heterocycles. The summed E-state index contributed by atoms with van der Waals surface area (Å²) < 4.78 is 5.19. The van der Waals surface area contributed by atoms with Crippen LogP contribution in [0, 0.1) is 5.92 Å². The lowest BCUT2D eigenvalue weighted by molar-refractivity contribution is -0.120. The molecule has 1 N–H and O–H groups in total. The van der Waals surface area contributed by atoms with E-state index in [-0.39, 0.29) is 11.8 Å². The van der Waals surface area contributed by atoms with Crippen molar-refractivity contribution in [1.82, 2.24) is 15.2 Å². The second-order valence-corrected chi connectivity index (χ2v) is 7.51. The first-order valence-corrected chi connectivity index (χ1v) is 10.0. The van der Waals surface area contributed by atoms with Crippen molar-refractivity contribution in [3.63, 3.8) is 0 Å². The van der Waals surface area contributed by atoms with E-state index < -0.39 is 0 Å². The number of thiazole rings is 1. The number of nitrogens with one attached hydrogen (secondary N) is 1. The molecule has 4 rings (SSSR count). The average Bonchev–Trinajstić information content (AvgIpc) is 3.27. The summed E-state index contributed by atoms with van der Waals surface area (Å²) in [5, 5.41) is 14.2. The number of hydrogen-bond donors (Lipinski definition) is 1. The van der Waals surface area contributed by atoms with Gasteiger partial charge in [-0.2, -0.15) is 0 Å². The molecule has 8 heteroatoms. The number of nitrogens with zero attached hydrogens (tertiary/aromatic N) is 4. The Morgan fingerprint density at radius 3 is 2.75 bits per heavy atom. The first-order valence-electron chi connectivity index (χ1n) is 9.16. The molecule has 1 fully saturated rings. The lowest BCUT2D eigenvalue weighted by atomic mass is 9.97. The van der Waals surface area contributed by atoms with Crippen LogP contribution in [-0.4, -0.2) is 41.3 Å². The zero-order valence-corrected chi connectivity index (χ0v) is 16.4. The highest BCUT2D eigenvalue weighted by atomic mass is 32.1. The molecular weight excluding hydrogens is 374 g/mol. The van der Waals surface area contributed by atoms with Crippen LogP contribution in [0.4, 0.5) is 10.9 Å². The Hall–Kier alpha value is -3.00. The second kappa shape index (κ2) is 8.35. The van der Waals surface area contributed by atoms with Crippen molar-refractivity contribution in [3.8, 4) is 17.0 Å². The van der Waals surface area contributed by atoms with Gasteiger partial charge in [0, 0.05) is 30.2 Å². The topological polar surface area (TPSA) is 80.2 Å². The van der Waals surface area contributed by atoms with Gasteiger partial charge in [-0.05, 0) is 49.2 Å². The highest BCUT2D eigenvalue weighted by molar-refractivity contribution is 7.13. The molecule has 1 aromatic carbocycles. The molecule has 1 amide bonds. The summed E-state index contributed by atoms with van der Waals surface area (Å²) >= 11 is 1.43. The zero-order chi connectivity index (χ0) is 19.3. The van der Waals surface area contributed by atoms with E-state index in [4.69, 9.17) is 4.74 Å². The maximum Gasteiger partial charge on any atom is 0.231 e. The highest BCUT2D eigenvalue weighted by Gasteiger charge is 2.27. The van der Waals surface area contributed by atoms with Gasteiger partial charge in [0.15, 0.2) is 10.9 Å². The minimum absolute atomic E-state index is 0.0162. The number of rotatable bonds is 5. The van der Waals surface area contributed by atoms with Crippen molar-refractivity contribution in [2.24, 2.45) is 5.92 Å². The number of anilines is 2. The summed E-state index contributed by atoms with van der Waals surface area (Å²) in [6, 6.07) is 11.7. The van der Waals surface area contributed by atoms with Crippen LogP contribution in [0.25, 0.3) is 11.3 Å². The highest BCUT2D eigenvalue weighted by Crippen LogP contribution is 2.25. The monoisotopic (exact) mass is 395 g/mol. The molecule has 144 valence electrons. The third-order valence-corrected chi connectivity index (χ3v) is 5.50. The van der Waals surface area contributed by atoms with E-state index in [9.17, 15) is 4.79 Å². The Bertz CT molecular complexity index is 913. The van der Waals surface area contributed by atoms with Crippen LogP contribution >= 0.6 is 11.3 Å². The third kappa shape index (κ3) is 4.12. The van der Waals surface area contributed by atoms with Gasteiger partial charge in [0.05, 0.1) is 18.7 Å². The van der Waals surface area contributed by atoms with Crippen LogP contribution < -0.4 is 15.0 Å². The molecule has 1 aliphatic rings. The minimum atomic E-state index is -0.0827. The van der Waals surface area contributed by atoms with Gasteiger partial charge >= 0.3 is 0 Å². The minimum Gasteiger partial charge on any atom is -0.497 e. The lowest BCUT2D eigenvalue weighted by Gasteiger charge is -2.32. The van der Waals surface area contributed by atoms with Crippen molar-refractivity contribution in [2.75, 3.05) is 30.4 Å². The molecule has 7 nitrogen and oxygen atoms in total. The molecule has 1 atom stereocenters. The predicted octanol–water partition coefficient (Wildman–Crippen LogP) is 3.46. The molecule has 3 heterocycles. The number of hydrogen-bond acceptors (Lipinski definition) is 7. The maximum absolute atomic E-state index is 12.5. The smallest absolute Gasteiger partial charge is 0.231 e. The standard InChI is InChI=1S/C20H21N5O2S/c1-27-16-6-4-14(5-7-16)17-8-9-18(24-23-17)25-11-2-3-15(13-25)19(26)22-20-21-10-12-28-20/h4-10,12,15H,2-3,11,13H2,1H3,(H,21,22,26)/t15-/m1/s1. The predicted molar refractivity (Wildman–Crippen MR) is 110 cm³/mol. The van der Waals surface area contributed by atoms with Crippen LogP contribution in [0.3, 0.4) is 0 Å². The normalized spacial score (nSPS) is 16.6. The van der Waals surface area contributed by atoms with Gasteiger partial charge in [0.2, 0.25) is 5.91 Å². The molecule has 0 spiro atoms. The van der Waals surface area contributed by atoms with Crippen LogP contribution in [0.5, 0.6) is 5.75 Å². The molecule has 0 saturated carbocycles. The first kappa shape index (κ1) is 18.4. The van der Waals surface area contributed by atoms with Crippen molar-refractivity contribution in [3.05, 3.63) is 48.0 Å². The molecule has 0 unspecified atom stereocenters. The molecule has 0 aliphatic carbocycles. The van der Waals surface area contributed by atoms with Gasteiger partial charge in [0.25, 0.3) is 0 Å². The summed E-state index contributed by atoms with van der Waals surface area (Å²) in [5.74, 6) is 1.54. The molecule has 1 saturated heterocycles. The van der Waals surface area contributed by atoms with Gasteiger partial charge in [-0.25, -0.2) is 4.98 Å². The SMILES string of the molecule is COc1ccc(-c2ccc(N3CCC[C@@H](C(=O)Nc4nccs4)C3)nn2)cc1. The van der Waals surface area contributed by atoms with Gasteiger partial charge in [-0.3, -0.25) is 4.79 Å². The van der Waals surface area contributed by atoms with E-state index in [0.29, 0.717) is 11.7 Å². The Labute approximate surface area is 167 Å². The van der Waals surface area contributed by atoms with Gasteiger partial charge in [-0.1, -0.05) is 0 Å². The Morgan fingerprint density at radius 2 is 2.07 bits per heavy atom. The van der Waals surface area contributed by atoms with Crippen LogP contribution in [0.2, 0.25) is 0 Å². The number of benzene rings is 1. The fourth-order valence-corrected chi connectivity index (χ4v) is 3.83. The van der Waals surface area contributed by atoms with E-state index in [1.807, 2.05) is 41.8 Å². The van der Waals surface area contributed by atoms with Crippen LogP contribution in [0.1, 0.15) is 12.8 Å². The van der Waals surface area contributed by atoms with Crippen molar-refractivity contribution in [2.45, 2.75) is 12.8 Å². The fourth-order valence-electron chi connectivity index (χ4n) is 3.30. The second-order valence-electron chi connectivity index (χ2n) is 6.62. The average molecular weight is 395 g/mol. The van der Waals surface area contributed by atoms with Crippen LogP contribution in [0.15, 0.2) is 48.0 Å². The Kier molecular flexibility index (Phi) is 5.48. The van der Waals surface area contributed by atoms with E-state index in [1.54, 1.807) is 13.3 Å². The summed E-state index contributed by atoms with van der Waals surface area (Å²) in [4.78, 5) is 18.8. The van der Waals surface area contributed by atoms with Crippen LogP contribution in [-0.2, 0) is 4.79 Å². The van der Waals surface area contributed by atoms with Gasteiger partial charge in [-0.15, -0.1) is 21.5 Å². The van der Waals surface area contributed by atoms with Crippen molar-refractivity contribution in [1.29, 1.82) is 0 Å². The number of ether oxygens (including phenoxy) is 1. The van der Waals surface area contributed by atoms with E-state index >= 15 is 0 Å². The number of aromatic nitrogens is 3. The molecule has 0 radical (unpaired) electrons. The van der Waals surface area contributed by atoms with E-state index in [0.717, 1.165) is 42.2 Å². The summed E-state index contributed by atoms with van der Waals surface area (Å²) in [6.45, 7) is 1.51. The van der Waals surface area contributed by atoms with Gasteiger partial charge in [0.1, 0.15) is 5.75 Å². The number of methoxy groups -OCH3 is 1. The van der Waals surface area contributed by atoms with Crippen molar-refractivity contribution < 1.29 is 9.53 Å². The summed E-state index contributed by atoms with van der Waals surface area (Å²) in [6.07, 6.45) is 3.50.